The number of hydrogen-bond donors (Lipinski definition) is 0. The molecule has 1 nitrogen and oxygen atoms in total. The predicted octanol–water partition coefficient (Wildman–Crippen LogP) is 2.93. The minimum absolute atomic E-state index is 0.772. The van der Waals surface area contributed by atoms with E-state index >= 15 is 0 Å². The third-order valence-electron chi connectivity index (χ3n) is 2.43. The first-order valence-electron chi connectivity index (χ1n) is 5.13. The van der Waals surface area contributed by atoms with E-state index in [4.69, 9.17) is 0 Å². The van der Waals surface area contributed by atoms with Gasteiger partial charge in [0.25, 0.3) is 0 Å². The molecule has 1 atom stereocenters. The second-order valence-electron chi connectivity index (χ2n) is 3.20. The first-order chi connectivity index (χ1) is 5.74. The quantitative estimate of drug-likeness (QED) is 0.545. The third-order valence-corrected chi connectivity index (χ3v) is 2.43. The lowest BCUT2D eigenvalue weighted by Crippen LogP contribution is -2.32. The zero-order valence-corrected chi connectivity index (χ0v) is 9.22. The highest BCUT2D eigenvalue weighted by Gasteiger charge is 2.13. The molecule has 0 spiro atoms. The van der Waals surface area contributed by atoms with Gasteiger partial charge in [0, 0.05) is 13.1 Å². The van der Waals surface area contributed by atoms with Crippen LogP contribution in [-0.2, 0) is 0 Å². The van der Waals surface area contributed by atoms with Crippen molar-refractivity contribution in [2.24, 2.45) is 5.92 Å². The molecule has 0 aromatic carbocycles. The normalized spacial score (nSPS) is 24.1. The summed E-state index contributed by atoms with van der Waals surface area (Å²) in [6.07, 6.45) is 2.34. The van der Waals surface area contributed by atoms with Crippen LogP contribution in [0.15, 0.2) is 11.6 Å². The molecule has 0 saturated heterocycles. The molecule has 0 N–H and O–H groups in total. The van der Waals surface area contributed by atoms with Crippen molar-refractivity contribution in [3.8, 4) is 0 Å². The van der Waals surface area contributed by atoms with Gasteiger partial charge in [-0.2, -0.15) is 0 Å². The van der Waals surface area contributed by atoms with Gasteiger partial charge in [-0.3, -0.25) is 4.90 Å². The Kier molecular flexibility index (Phi) is 6.09. The Morgan fingerprint density at radius 1 is 1.50 bits per heavy atom. The second-order valence-corrected chi connectivity index (χ2v) is 3.20. The maximum atomic E-state index is 2.47. The lowest BCUT2D eigenvalue weighted by atomic mass is 9.98. The molecule has 1 heteroatoms. The van der Waals surface area contributed by atoms with E-state index in [0.29, 0.717) is 0 Å². The molecule has 0 aliphatic carbocycles. The van der Waals surface area contributed by atoms with E-state index in [-0.39, 0.29) is 0 Å². The van der Waals surface area contributed by atoms with Gasteiger partial charge >= 0.3 is 0 Å². The lowest BCUT2D eigenvalue weighted by molar-refractivity contribution is 0.272. The van der Waals surface area contributed by atoms with Gasteiger partial charge in [-0.25, -0.2) is 0 Å². The SMILES string of the molecule is CC.CCN1CC=C(C)[C@@H](C)C1. The molecule has 0 radical (unpaired) electrons. The van der Waals surface area contributed by atoms with Crippen molar-refractivity contribution in [2.45, 2.75) is 34.6 Å². The number of hydrogen-bond acceptors (Lipinski definition) is 1. The Labute approximate surface area is 77.5 Å². The first kappa shape index (κ1) is 11.7. The molecule has 0 aromatic rings. The minimum atomic E-state index is 0.772. The van der Waals surface area contributed by atoms with Gasteiger partial charge in [-0.15, -0.1) is 0 Å². The largest absolute Gasteiger partial charge is 0.299 e. The molecule has 0 bridgehead atoms. The predicted molar refractivity (Wildman–Crippen MR) is 56.4 cm³/mol. The van der Waals surface area contributed by atoms with Crippen LogP contribution < -0.4 is 0 Å². The summed E-state index contributed by atoms with van der Waals surface area (Å²) < 4.78 is 0. The van der Waals surface area contributed by atoms with Crippen molar-refractivity contribution in [1.29, 1.82) is 0 Å². The topological polar surface area (TPSA) is 3.24 Å². The minimum Gasteiger partial charge on any atom is -0.299 e. The number of nitrogens with zero attached hydrogens (tertiary/aromatic N) is 1. The molecule has 0 unspecified atom stereocenters. The van der Waals surface area contributed by atoms with Crippen LogP contribution in [0.2, 0.25) is 0 Å². The molecule has 0 aromatic heterocycles. The van der Waals surface area contributed by atoms with Crippen molar-refractivity contribution < 1.29 is 0 Å². The Morgan fingerprint density at radius 2 is 2.08 bits per heavy atom. The standard InChI is InChI=1S/C9H17N.C2H6/c1-4-10-6-5-8(2)9(3)7-10;1-2/h5,9H,4,6-7H2,1-3H3;1-2H3/t9-;/m0./s1. The van der Waals surface area contributed by atoms with Crippen molar-refractivity contribution in [3.63, 3.8) is 0 Å². The summed E-state index contributed by atoms with van der Waals surface area (Å²) in [5, 5.41) is 0. The highest BCUT2D eigenvalue weighted by molar-refractivity contribution is 5.07. The molecule has 0 saturated carbocycles. The maximum Gasteiger partial charge on any atom is 0.0165 e. The van der Waals surface area contributed by atoms with E-state index in [1.54, 1.807) is 5.57 Å². The van der Waals surface area contributed by atoms with E-state index in [1.165, 1.54) is 13.1 Å². The summed E-state index contributed by atoms with van der Waals surface area (Å²) >= 11 is 0. The molecule has 0 amide bonds. The van der Waals surface area contributed by atoms with Crippen LogP contribution >= 0.6 is 0 Å². The van der Waals surface area contributed by atoms with Gasteiger partial charge in [0.05, 0.1) is 0 Å². The Hall–Kier alpha value is -0.300. The van der Waals surface area contributed by atoms with Gasteiger partial charge in [-0.1, -0.05) is 39.3 Å². The van der Waals surface area contributed by atoms with Crippen LogP contribution in [0.1, 0.15) is 34.6 Å². The average molecular weight is 169 g/mol. The van der Waals surface area contributed by atoms with Gasteiger partial charge in [0.15, 0.2) is 0 Å². The molecule has 0 fully saturated rings. The van der Waals surface area contributed by atoms with Crippen LogP contribution in [0.4, 0.5) is 0 Å². The van der Waals surface area contributed by atoms with E-state index in [9.17, 15) is 0 Å². The highest BCUT2D eigenvalue weighted by Crippen LogP contribution is 2.15. The lowest BCUT2D eigenvalue weighted by Gasteiger charge is -2.28. The first-order valence-corrected chi connectivity index (χ1v) is 5.13. The summed E-state index contributed by atoms with van der Waals surface area (Å²) in [5.74, 6) is 0.772. The number of rotatable bonds is 1. The van der Waals surface area contributed by atoms with Gasteiger partial charge in [0.2, 0.25) is 0 Å². The Balaban J connectivity index is 0.000000561. The van der Waals surface area contributed by atoms with Crippen molar-refractivity contribution in [3.05, 3.63) is 11.6 Å². The maximum absolute atomic E-state index is 2.47. The van der Waals surface area contributed by atoms with E-state index in [2.05, 4.69) is 31.7 Å². The smallest absolute Gasteiger partial charge is 0.0165 e. The fourth-order valence-corrected chi connectivity index (χ4v) is 1.34. The Morgan fingerprint density at radius 3 is 2.50 bits per heavy atom. The van der Waals surface area contributed by atoms with Crippen LogP contribution in [0, 0.1) is 5.92 Å². The summed E-state index contributed by atoms with van der Waals surface area (Å²) in [6.45, 7) is 14.4. The van der Waals surface area contributed by atoms with Crippen LogP contribution in [0.25, 0.3) is 0 Å². The van der Waals surface area contributed by atoms with Crippen molar-refractivity contribution in [1.82, 2.24) is 4.90 Å². The van der Waals surface area contributed by atoms with Crippen LogP contribution in [-0.4, -0.2) is 24.5 Å². The summed E-state index contributed by atoms with van der Waals surface area (Å²) in [7, 11) is 0. The van der Waals surface area contributed by atoms with Crippen LogP contribution in [0.3, 0.4) is 0 Å². The fourth-order valence-electron chi connectivity index (χ4n) is 1.34. The Bertz CT molecular complexity index is 138. The van der Waals surface area contributed by atoms with E-state index in [1.807, 2.05) is 13.8 Å². The van der Waals surface area contributed by atoms with Crippen molar-refractivity contribution >= 4 is 0 Å². The zero-order chi connectivity index (χ0) is 9.56. The summed E-state index contributed by atoms with van der Waals surface area (Å²) in [6, 6.07) is 0. The average Bonchev–Trinajstić information content (AvgIpc) is 2.13. The summed E-state index contributed by atoms with van der Waals surface area (Å²) in [5.41, 5.74) is 1.56. The molecule has 12 heavy (non-hydrogen) atoms. The van der Waals surface area contributed by atoms with E-state index < -0.39 is 0 Å². The molecule has 1 aliphatic rings. The third kappa shape index (κ3) is 3.40. The van der Waals surface area contributed by atoms with E-state index in [0.717, 1.165) is 12.5 Å². The monoisotopic (exact) mass is 169 g/mol. The number of likely N-dealkylation sites (N-methyl/N-ethyl adjacent to an activating group) is 1. The second kappa shape index (κ2) is 6.24. The molecule has 72 valence electrons. The molecule has 1 heterocycles. The fraction of sp³-hybridized carbons (Fsp3) is 0.818. The highest BCUT2D eigenvalue weighted by atomic mass is 15.1. The van der Waals surface area contributed by atoms with Gasteiger partial charge in [0.1, 0.15) is 0 Å². The summed E-state index contributed by atoms with van der Waals surface area (Å²) in [4.78, 5) is 2.47. The van der Waals surface area contributed by atoms with Gasteiger partial charge in [-0.05, 0) is 19.4 Å². The molecule has 1 aliphatic heterocycles. The molecular formula is C11H23N. The molecule has 1 rings (SSSR count). The zero-order valence-electron chi connectivity index (χ0n) is 9.22. The van der Waals surface area contributed by atoms with Crippen LogP contribution in [0.5, 0.6) is 0 Å². The molecular weight excluding hydrogens is 146 g/mol. The van der Waals surface area contributed by atoms with Gasteiger partial charge < -0.3 is 0 Å². The van der Waals surface area contributed by atoms with Crippen molar-refractivity contribution in [2.75, 3.05) is 19.6 Å².